The monoisotopic (exact) mass is 345 g/mol. The zero-order chi connectivity index (χ0) is 14.8. The number of aryl methyl sites for hydroxylation is 1. The van der Waals surface area contributed by atoms with Gasteiger partial charge in [0, 0.05) is 25.2 Å². The number of aliphatic hydroxyl groups is 1. The van der Waals surface area contributed by atoms with E-state index < -0.39 is 6.10 Å². The molecule has 1 aliphatic rings. The van der Waals surface area contributed by atoms with Gasteiger partial charge in [0.15, 0.2) is 0 Å². The predicted octanol–water partition coefficient (Wildman–Crippen LogP) is 2.20. The highest BCUT2D eigenvalue weighted by molar-refractivity contribution is 9.10. The molecule has 0 amide bonds. The molecule has 20 heavy (non-hydrogen) atoms. The fourth-order valence-corrected chi connectivity index (χ4v) is 3.19. The molecular formula is C14H24BrN3O2. The fraction of sp³-hybridized carbons (Fsp3) is 0.786. The molecule has 0 aliphatic carbocycles. The largest absolute Gasteiger partial charge is 0.385 e. The summed E-state index contributed by atoms with van der Waals surface area (Å²) in [6.07, 6.45) is 2.17. The zero-order valence-electron chi connectivity index (χ0n) is 12.5. The molecule has 1 fully saturated rings. The zero-order valence-corrected chi connectivity index (χ0v) is 14.1. The Bertz CT molecular complexity index is 442. The van der Waals surface area contributed by atoms with Crippen molar-refractivity contribution in [3.63, 3.8) is 0 Å². The maximum absolute atomic E-state index is 10.9. The second-order valence-electron chi connectivity index (χ2n) is 5.76. The van der Waals surface area contributed by atoms with Crippen LogP contribution in [0.1, 0.15) is 39.0 Å². The highest BCUT2D eigenvalue weighted by Gasteiger charge is 2.38. The van der Waals surface area contributed by atoms with Crippen LogP contribution in [0.4, 0.5) is 0 Å². The predicted molar refractivity (Wildman–Crippen MR) is 81.6 cm³/mol. The lowest BCUT2D eigenvalue weighted by Crippen LogP contribution is -2.53. The van der Waals surface area contributed by atoms with Gasteiger partial charge in [-0.15, -0.1) is 0 Å². The first-order valence-electron chi connectivity index (χ1n) is 7.20. The Balaban J connectivity index is 2.24. The Morgan fingerprint density at radius 3 is 2.70 bits per heavy atom. The Labute approximate surface area is 129 Å². The van der Waals surface area contributed by atoms with E-state index in [1.165, 1.54) is 0 Å². The molecule has 0 aromatic carbocycles. The summed E-state index contributed by atoms with van der Waals surface area (Å²) in [5, 5.41) is 15.3. The Morgan fingerprint density at radius 1 is 1.45 bits per heavy atom. The first kappa shape index (κ1) is 15.9. The Kier molecular flexibility index (Phi) is 5.23. The summed E-state index contributed by atoms with van der Waals surface area (Å²) in [6, 6.07) is 0. The van der Waals surface area contributed by atoms with Crippen molar-refractivity contribution in [2.75, 3.05) is 26.3 Å². The molecule has 0 radical (unpaired) electrons. The van der Waals surface area contributed by atoms with Gasteiger partial charge >= 0.3 is 0 Å². The molecular weight excluding hydrogens is 322 g/mol. The van der Waals surface area contributed by atoms with Gasteiger partial charge in [-0.1, -0.05) is 6.92 Å². The van der Waals surface area contributed by atoms with Gasteiger partial charge in [-0.2, -0.15) is 5.10 Å². The molecule has 6 heteroatoms. The second-order valence-corrected chi connectivity index (χ2v) is 6.61. The maximum atomic E-state index is 10.9. The highest BCUT2D eigenvalue weighted by Crippen LogP contribution is 2.35. The molecule has 1 aliphatic heterocycles. The van der Waals surface area contributed by atoms with Gasteiger partial charge in [-0.25, -0.2) is 0 Å². The smallest absolute Gasteiger partial charge is 0.114 e. The van der Waals surface area contributed by atoms with E-state index in [4.69, 9.17) is 4.74 Å². The fourth-order valence-electron chi connectivity index (χ4n) is 2.68. The third kappa shape index (κ3) is 3.08. The summed E-state index contributed by atoms with van der Waals surface area (Å²) in [4.78, 5) is 2.29. The first-order chi connectivity index (χ1) is 9.48. The summed E-state index contributed by atoms with van der Waals surface area (Å²) in [5.74, 6) is 0. The van der Waals surface area contributed by atoms with Gasteiger partial charge in [-0.05, 0) is 36.2 Å². The number of halogens is 1. The quantitative estimate of drug-likeness (QED) is 0.888. The second kappa shape index (κ2) is 6.56. The van der Waals surface area contributed by atoms with E-state index in [9.17, 15) is 5.11 Å². The van der Waals surface area contributed by atoms with E-state index in [0.717, 1.165) is 49.4 Å². The highest BCUT2D eigenvalue weighted by atomic mass is 79.9. The number of aromatic nitrogens is 2. The lowest BCUT2D eigenvalue weighted by molar-refractivity contribution is -0.0657. The maximum Gasteiger partial charge on any atom is 0.114 e. The van der Waals surface area contributed by atoms with E-state index in [1.54, 1.807) is 6.20 Å². The molecule has 114 valence electrons. The van der Waals surface area contributed by atoms with Crippen LogP contribution in [0.5, 0.6) is 0 Å². The summed E-state index contributed by atoms with van der Waals surface area (Å²) in [6.45, 7) is 10.2. The van der Waals surface area contributed by atoms with Crippen LogP contribution < -0.4 is 0 Å². The van der Waals surface area contributed by atoms with Crippen molar-refractivity contribution >= 4 is 15.9 Å². The van der Waals surface area contributed by atoms with Crippen LogP contribution in [0.15, 0.2) is 10.7 Å². The first-order valence-corrected chi connectivity index (χ1v) is 7.99. The SMILES string of the molecule is CCCn1ncc(Br)c1C(O)C(C)(C)N1CCOCC1. The molecule has 1 aromatic heterocycles. The van der Waals surface area contributed by atoms with Crippen molar-refractivity contribution in [2.24, 2.45) is 0 Å². The summed E-state index contributed by atoms with van der Waals surface area (Å²) < 4.78 is 8.18. The summed E-state index contributed by atoms with van der Waals surface area (Å²) in [5.41, 5.74) is 0.515. The Hall–Kier alpha value is -0.430. The van der Waals surface area contributed by atoms with Crippen LogP contribution in [-0.2, 0) is 11.3 Å². The van der Waals surface area contributed by atoms with E-state index in [0.29, 0.717) is 0 Å². The minimum absolute atomic E-state index is 0.349. The van der Waals surface area contributed by atoms with E-state index in [-0.39, 0.29) is 5.54 Å². The summed E-state index contributed by atoms with van der Waals surface area (Å²) in [7, 11) is 0. The average molecular weight is 346 g/mol. The minimum Gasteiger partial charge on any atom is -0.385 e. The van der Waals surface area contributed by atoms with Crippen molar-refractivity contribution < 1.29 is 9.84 Å². The van der Waals surface area contributed by atoms with Crippen LogP contribution in [0.2, 0.25) is 0 Å². The van der Waals surface area contributed by atoms with Gasteiger partial charge in [-0.3, -0.25) is 9.58 Å². The normalized spacial score (nSPS) is 19.2. The van der Waals surface area contributed by atoms with Crippen molar-refractivity contribution in [1.29, 1.82) is 0 Å². The van der Waals surface area contributed by atoms with Crippen LogP contribution in [0, 0.1) is 0 Å². The van der Waals surface area contributed by atoms with Gasteiger partial charge in [0.25, 0.3) is 0 Å². The van der Waals surface area contributed by atoms with Gasteiger partial charge in [0.2, 0.25) is 0 Å². The van der Waals surface area contributed by atoms with Crippen molar-refractivity contribution in [2.45, 2.75) is 45.4 Å². The Morgan fingerprint density at radius 2 is 2.10 bits per heavy atom. The number of hydrogen-bond donors (Lipinski definition) is 1. The average Bonchev–Trinajstić information content (AvgIpc) is 2.80. The van der Waals surface area contributed by atoms with Crippen LogP contribution in [0.3, 0.4) is 0 Å². The standard InChI is InChI=1S/C14H24BrN3O2/c1-4-5-18-12(11(15)10-16-18)13(19)14(2,3)17-6-8-20-9-7-17/h10,13,19H,4-9H2,1-3H3. The van der Waals surface area contributed by atoms with E-state index in [2.05, 4.69) is 46.7 Å². The van der Waals surface area contributed by atoms with Crippen molar-refractivity contribution in [1.82, 2.24) is 14.7 Å². The molecule has 1 N–H and O–H groups in total. The molecule has 2 heterocycles. The van der Waals surface area contributed by atoms with Crippen LogP contribution in [0.25, 0.3) is 0 Å². The molecule has 0 saturated carbocycles. The third-order valence-corrected chi connectivity index (χ3v) is 4.63. The topological polar surface area (TPSA) is 50.5 Å². The molecule has 1 aromatic rings. The van der Waals surface area contributed by atoms with Crippen molar-refractivity contribution in [3.8, 4) is 0 Å². The number of hydrogen-bond acceptors (Lipinski definition) is 4. The van der Waals surface area contributed by atoms with E-state index in [1.807, 2.05) is 4.68 Å². The number of ether oxygens (including phenoxy) is 1. The minimum atomic E-state index is -0.593. The lowest BCUT2D eigenvalue weighted by atomic mass is 9.92. The lowest BCUT2D eigenvalue weighted by Gasteiger charge is -2.43. The van der Waals surface area contributed by atoms with Gasteiger partial charge in [0.1, 0.15) is 6.10 Å². The number of nitrogens with zero attached hydrogens (tertiary/aromatic N) is 3. The van der Waals surface area contributed by atoms with Gasteiger partial charge < -0.3 is 9.84 Å². The van der Waals surface area contributed by atoms with Gasteiger partial charge in [0.05, 0.1) is 29.6 Å². The van der Waals surface area contributed by atoms with Crippen LogP contribution in [-0.4, -0.2) is 51.6 Å². The summed E-state index contributed by atoms with van der Waals surface area (Å²) >= 11 is 3.52. The molecule has 1 unspecified atom stereocenters. The number of rotatable bonds is 5. The molecule has 1 saturated heterocycles. The molecule has 0 bridgehead atoms. The molecule has 0 spiro atoms. The van der Waals surface area contributed by atoms with Crippen LogP contribution >= 0.6 is 15.9 Å². The molecule has 5 nitrogen and oxygen atoms in total. The number of morpholine rings is 1. The van der Waals surface area contributed by atoms with E-state index >= 15 is 0 Å². The van der Waals surface area contributed by atoms with Crippen molar-refractivity contribution in [3.05, 3.63) is 16.4 Å². The third-order valence-electron chi connectivity index (χ3n) is 4.02. The number of aliphatic hydroxyl groups excluding tert-OH is 1. The molecule has 1 atom stereocenters. The molecule has 2 rings (SSSR count).